The SMILES string of the molecule is O=C1Nc2ccccc2/C1=C(/Nc1ccc(NS(=O)(=O)CCN2CCOCC2)cc1)c1ccccc1. The fraction of sp³-hybridized carbons (Fsp3) is 0.222. The number of amides is 1. The Bertz CT molecular complexity index is 1370. The third-order valence-electron chi connectivity index (χ3n) is 6.19. The number of carbonyl (C=O) groups excluding carboxylic acids is 1. The predicted octanol–water partition coefficient (Wildman–Crippen LogP) is 3.69. The Morgan fingerprint density at radius 3 is 2.31 bits per heavy atom. The minimum Gasteiger partial charge on any atom is -0.379 e. The molecule has 0 bridgehead atoms. The first kappa shape index (κ1) is 24.1. The second kappa shape index (κ2) is 10.5. The van der Waals surface area contributed by atoms with Crippen LogP contribution in [-0.2, 0) is 19.6 Å². The van der Waals surface area contributed by atoms with Gasteiger partial charge in [0.2, 0.25) is 10.0 Å². The third kappa shape index (κ3) is 5.59. The van der Waals surface area contributed by atoms with E-state index in [4.69, 9.17) is 4.74 Å². The van der Waals surface area contributed by atoms with Gasteiger partial charge in [0.15, 0.2) is 0 Å². The van der Waals surface area contributed by atoms with Crippen molar-refractivity contribution in [1.29, 1.82) is 0 Å². The minimum atomic E-state index is -3.48. The number of rotatable bonds is 8. The van der Waals surface area contributed by atoms with Crippen LogP contribution in [0.25, 0.3) is 11.3 Å². The summed E-state index contributed by atoms with van der Waals surface area (Å²) in [5.74, 6) is -0.154. The van der Waals surface area contributed by atoms with Crippen molar-refractivity contribution in [2.75, 3.05) is 54.0 Å². The van der Waals surface area contributed by atoms with Crippen LogP contribution in [0.2, 0.25) is 0 Å². The summed E-state index contributed by atoms with van der Waals surface area (Å²) < 4.78 is 33.1. The predicted molar refractivity (Wildman–Crippen MR) is 143 cm³/mol. The summed E-state index contributed by atoms with van der Waals surface area (Å²) in [5, 5.41) is 6.32. The molecule has 186 valence electrons. The van der Waals surface area contributed by atoms with Gasteiger partial charge in [-0.05, 0) is 35.9 Å². The smallest absolute Gasteiger partial charge is 0.258 e. The molecule has 0 unspecified atom stereocenters. The maximum atomic E-state index is 12.9. The van der Waals surface area contributed by atoms with E-state index in [9.17, 15) is 13.2 Å². The van der Waals surface area contributed by atoms with E-state index < -0.39 is 10.0 Å². The van der Waals surface area contributed by atoms with Gasteiger partial charge in [-0.15, -0.1) is 0 Å². The zero-order valence-electron chi connectivity index (χ0n) is 19.7. The molecule has 3 aromatic rings. The summed E-state index contributed by atoms with van der Waals surface area (Å²) >= 11 is 0. The van der Waals surface area contributed by atoms with E-state index in [0.29, 0.717) is 36.7 Å². The third-order valence-corrected chi connectivity index (χ3v) is 7.46. The van der Waals surface area contributed by atoms with Crippen molar-refractivity contribution in [3.05, 3.63) is 90.0 Å². The summed E-state index contributed by atoms with van der Waals surface area (Å²) in [6.45, 7) is 3.23. The van der Waals surface area contributed by atoms with Crippen LogP contribution in [0, 0.1) is 0 Å². The highest BCUT2D eigenvalue weighted by atomic mass is 32.2. The molecule has 1 saturated heterocycles. The molecule has 0 atom stereocenters. The van der Waals surface area contributed by atoms with Crippen LogP contribution < -0.4 is 15.4 Å². The second-order valence-electron chi connectivity index (χ2n) is 8.69. The number of fused-ring (bicyclic) bond motifs is 1. The van der Waals surface area contributed by atoms with Gasteiger partial charge in [0.05, 0.1) is 30.2 Å². The molecular weight excluding hydrogens is 476 g/mol. The topological polar surface area (TPSA) is 99.8 Å². The molecule has 0 spiro atoms. The van der Waals surface area contributed by atoms with Gasteiger partial charge in [0.1, 0.15) is 0 Å². The zero-order chi connectivity index (χ0) is 25.0. The number of ether oxygens (including phenoxy) is 1. The number of morpholine rings is 1. The number of benzene rings is 3. The van der Waals surface area contributed by atoms with Gasteiger partial charge < -0.3 is 15.4 Å². The van der Waals surface area contributed by atoms with Crippen molar-refractivity contribution < 1.29 is 17.9 Å². The van der Waals surface area contributed by atoms with Gasteiger partial charge in [0.25, 0.3) is 5.91 Å². The molecule has 1 amide bonds. The lowest BCUT2D eigenvalue weighted by atomic mass is 10.00. The number of carbonyl (C=O) groups is 1. The Labute approximate surface area is 211 Å². The van der Waals surface area contributed by atoms with Crippen LogP contribution >= 0.6 is 0 Å². The fourth-order valence-corrected chi connectivity index (χ4v) is 5.42. The van der Waals surface area contributed by atoms with Crippen molar-refractivity contribution in [2.24, 2.45) is 0 Å². The number of hydrogen-bond donors (Lipinski definition) is 3. The summed E-state index contributed by atoms with van der Waals surface area (Å²) in [6, 6.07) is 24.3. The lowest BCUT2D eigenvalue weighted by molar-refractivity contribution is -0.110. The molecule has 2 aliphatic rings. The molecule has 0 radical (unpaired) electrons. The summed E-state index contributed by atoms with van der Waals surface area (Å²) in [7, 11) is -3.48. The molecule has 2 aliphatic heterocycles. The molecule has 0 aliphatic carbocycles. The molecule has 3 N–H and O–H groups in total. The standard InChI is InChI=1S/C27H28N4O4S/c32-27-25(23-8-4-5-9-24(23)29-27)26(20-6-2-1-3-7-20)28-21-10-12-22(13-11-21)30-36(33,34)19-16-31-14-17-35-18-15-31/h1-13,28,30H,14-19H2,(H,29,32)/b26-25-. The monoisotopic (exact) mass is 504 g/mol. The maximum Gasteiger partial charge on any atom is 0.258 e. The van der Waals surface area contributed by atoms with Gasteiger partial charge in [0, 0.05) is 42.3 Å². The molecule has 1 fully saturated rings. The first-order valence-electron chi connectivity index (χ1n) is 11.9. The summed E-state index contributed by atoms with van der Waals surface area (Å²) in [5.41, 5.74) is 4.93. The quantitative estimate of drug-likeness (QED) is 0.405. The normalized spacial score (nSPS) is 17.3. The molecular formula is C27H28N4O4S. The van der Waals surface area contributed by atoms with E-state index in [-0.39, 0.29) is 11.7 Å². The first-order chi connectivity index (χ1) is 17.5. The molecule has 2 heterocycles. The van der Waals surface area contributed by atoms with E-state index in [1.165, 1.54) is 0 Å². The lowest BCUT2D eigenvalue weighted by Gasteiger charge is -2.26. The number of nitrogens with zero attached hydrogens (tertiary/aromatic N) is 1. The molecule has 9 heteroatoms. The average Bonchev–Trinajstić information content (AvgIpc) is 3.23. The van der Waals surface area contributed by atoms with E-state index in [1.807, 2.05) is 54.6 Å². The van der Waals surface area contributed by atoms with Crippen molar-refractivity contribution in [3.63, 3.8) is 0 Å². The van der Waals surface area contributed by atoms with Gasteiger partial charge >= 0.3 is 0 Å². The van der Waals surface area contributed by atoms with Crippen molar-refractivity contribution in [1.82, 2.24) is 4.90 Å². The van der Waals surface area contributed by atoms with Crippen molar-refractivity contribution in [3.8, 4) is 0 Å². The van der Waals surface area contributed by atoms with Crippen LogP contribution in [0.5, 0.6) is 0 Å². The van der Waals surface area contributed by atoms with Gasteiger partial charge in [-0.2, -0.15) is 0 Å². The van der Waals surface area contributed by atoms with Crippen LogP contribution in [-0.4, -0.2) is 57.8 Å². The molecule has 0 aromatic heterocycles. The Morgan fingerprint density at radius 2 is 1.56 bits per heavy atom. The molecule has 8 nitrogen and oxygen atoms in total. The number of nitrogens with one attached hydrogen (secondary N) is 3. The van der Waals surface area contributed by atoms with Crippen LogP contribution in [0.15, 0.2) is 78.9 Å². The van der Waals surface area contributed by atoms with E-state index in [0.717, 1.165) is 35.6 Å². The lowest BCUT2D eigenvalue weighted by Crippen LogP contribution is -2.39. The van der Waals surface area contributed by atoms with Crippen LogP contribution in [0.3, 0.4) is 0 Å². The molecule has 36 heavy (non-hydrogen) atoms. The summed E-state index contributed by atoms with van der Waals surface area (Å²) in [4.78, 5) is 15.0. The van der Waals surface area contributed by atoms with Gasteiger partial charge in [-0.3, -0.25) is 14.4 Å². The van der Waals surface area contributed by atoms with Crippen molar-refractivity contribution >= 4 is 44.3 Å². The fourth-order valence-electron chi connectivity index (χ4n) is 4.32. The summed E-state index contributed by atoms with van der Waals surface area (Å²) in [6.07, 6.45) is 0. The number of sulfonamides is 1. The minimum absolute atomic E-state index is 0.0196. The molecule has 0 saturated carbocycles. The second-order valence-corrected chi connectivity index (χ2v) is 10.5. The van der Waals surface area contributed by atoms with Gasteiger partial charge in [-0.1, -0.05) is 48.5 Å². The van der Waals surface area contributed by atoms with Crippen molar-refractivity contribution in [2.45, 2.75) is 0 Å². The highest BCUT2D eigenvalue weighted by molar-refractivity contribution is 7.92. The van der Waals surface area contributed by atoms with E-state index >= 15 is 0 Å². The average molecular weight is 505 g/mol. The highest BCUT2D eigenvalue weighted by Crippen LogP contribution is 2.37. The first-order valence-corrected chi connectivity index (χ1v) is 13.5. The highest BCUT2D eigenvalue weighted by Gasteiger charge is 2.28. The van der Waals surface area contributed by atoms with Crippen LogP contribution in [0.1, 0.15) is 11.1 Å². The Morgan fingerprint density at radius 1 is 0.889 bits per heavy atom. The maximum absolute atomic E-state index is 12.9. The number of hydrogen-bond acceptors (Lipinski definition) is 6. The Hall–Kier alpha value is -3.66. The molecule has 3 aromatic carbocycles. The Balaban J connectivity index is 1.35. The van der Waals surface area contributed by atoms with E-state index in [1.54, 1.807) is 24.3 Å². The van der Waals surface area contributed by atoms with Gasteiger partial charge in [-0.25, -0.2) is 8.42 Å². The van der Waals surface area contributed by atoms with E-state index in [2.05, 4.69) is 20.3 Å². The number of para-hydroxylation sites is 1. The van der Waals surface area contributed by atoms with Crippen LogP contribution in [0.4, 0.5) is 17.1 Å². The zero-order valence-corrected chi connectivity index (χ0v) is 20.6. The Kier molecular flexibility index (Phi) is 7.04. The molecule has 5 rings (SSSR count). The number of anilines is 3. The largest absolute Gasteiger partial charge is 0.379 e.